The van der Waals surface area contributed by atoms with Crippen molar-refractivity contribution in [2.24, 2.45) is 0 Å². The van der Waals surface area contributed by atoms with E-state index in [0.29, 0.717) is 24.8 Å². The molecule has 0 amide bonds. The molecule has 4 heteroatoms. The van der Waals surface area contributed by atoms with Crippen molar-refractivity contribution in [3.63, 3.8) is 0 Å². The summed E-state index contributed by atoms with van der Waals surface area (Å²) in [6.07, 6.45) is 0.632. The van der Waals surface area contributed by atoms with Gasteiger partial charge in [0.25, 0.3) is 0 Å². The van der Waals surface area contributed by atoms with E-state index < -0.39 is 6.10 Å². The molecule has 0 bridgehead atoms. The second kappa shape index (κ2) is 8.48. The Morgan fingerprint density at radius 2 is 2.11 bits per heavy atom. The van der Waals surface area contributed by atoms with Gasteiger partial charge >= 0.3 is 0 Å². The van der Waals surface area contributed by atoms with Gasteiger partial charge < -0.3 is 14.7 Å². The molecule has 0 radical (unpaired) electrons. The van der Waals surface area contributed by atoms with Crippen molar-refractivity contribution in [1.29, 1.82) is 0 Å². The number of likely N-dealkylation sites (N-methyl/N-ethyl adjacent to an activating group) is 1. The van der Waals surface area contributed by atoms with Gasteiger partial charge in [0.1, 0.15) is 0 Å². The van der Waals surface area contributed by atoms with Crippen LogP contribution in [-0.2, 0) is 11.3 Å². The van der Waals surface area contributed by atoms with Gasteiger partial charge in [-0.25, -0.2) is 0 Å². The molecule has 0 aromatic heterocycles. The van der Waals surface area contributed by atoms with E-state index in [0.717, 1.165) is 18.5 Å². The molecule has 0 aliphatic carbocycles. The first kappa shape index (κ1) is 15.4. The molecule has 1 rings (SSSR count). The number of hydrogen-bond donors (Lipinski definition) is 1. The molecule has 1 aromatic rings. The standard InChI is InChI=1S/C14H22ClNO2/c1-3-8-16(2)9-13(17)11-18-10-12-6-4-5-7-14(12)15/h4-7,13,17H,3,8-11H2,1-2H3. The Bertz CT molecular complexity index is 346. The monoisotopic (exact) mass is 271 g/mol. The van der Waals surface area contributed by atoms with Gasteiger partial charge in [0, 0.05) is 11.6 Å². The fourth-order valence-electron chi connectivity index (χ4n) is 1.81. The van der Waals surface area contributed by atoms with Gasteiger partial charge in [-0.1, -0.05) is 36.7 Å². The van der Waals surface area contributed by atoms with Crippen molar-refractivity contribution in [2.75, 3.05) is 26.7 Å². The minimum Gasteiger partial charge on any atom is -0.389 e. The maximum Gasteiger partial charge on any atom is 0.0900 e. The first-order valence-electron chi connectivity index (χ1n) is 6.31. The van der Waals surface area contributed by atoms with E-state index in [4.69, 9.17) is 16.3 Å². The van der Waals surface area contributed by atoms with Gasteiger partial charge in [0.2, 0.25) is 0 Å². The second-order valence-corrected chi connectivity index (χ2v) is 4.93. The Kier molecular flexibility index (Phi) is 7.28. The zero-order chi connectivity index (χ0) is 13.4. The largest absolute Gasteiger partial charge is 0.389 e. The van der Waals surface area contributed by atoms with Crippen molar-refractivity contribution >= 4 is 11.6 Å². The average Bonchev–Trinajstić information content (AvgIpc) is 2.31. The SMILES string of the molecule is CCCN(C)CC(O)COCc1ccccc1Cl. The van der Waals surface area contributed by atoms with Crippen LogP contribution in [0.3, 0.4) is 0 Å². The van der Waals surface area contributed by atoms with E-state index in [9.17, 15) is 5.11 Å². The van der Waals surface area contributed by atoms with Crippen molar-refractivity contribution in [1.82, 2.24) is 4.90 Å². The van der Waals surface area contributed by atoms with E-state index in [2.05, 4.69) is 11.8 Å². The van der Waals surface area contributed by atoms with Crippen LogP contribution in [0.5, 0.6) is 0 Å². The smallest absolute Gasteiger partial charge is 0.0900 e. The molecule has 0 fully saturated rings. The molecule has 0 spiro atoms. The van der Waals surface area contributed by atoms with Gasteiger partial charge in [-0.15, -0.1) is 0 Å². The van der Waals surface area contributed by atoms with Crippen LogP contribution in [0.15, 0.2) is 24.3 Å². The van der Waals surface area contributed by atoms with Crippen LogP contribution in [0, 0.1) is 0 Å². The third-order valence-corrected chi connectivity index (χ3v) is 3.02. The van der Waals surface area contributed by atoms with Crippen LogP contribution in [0.2, 0.25) is 5.02 Å². The van der Waals surface area contributed by atoms with Crippen LogP contribution in [0.1, 0.15) is 18.9 Å². The topological polar surface area (TPSA) is 32.7 Å². The number of halogens is 1. The molecule has 0 saturated heterocycles. The first-order valence-corrected chi connectivity index (χ1v) is 6.69. The van der Waals surface area contributed by atoms with Gasteiger partial charge in [0.05, 0.1) is 19.3 Å². The van der Waals surface area contributed by atoms with Crippen molar-refractivity contribution in [2.45, 2.75) is 26.1 Å². The van der Waals surface area contributed by atoms with E-state index in [1.807, 2.05) is 31.3 Å². The van der Waals surface area contributed by atoms with Crippen LogP contribution in [-0.4, -0.2) is 42.9 Å². The second-order valence-electron chi connectivity index (χ2n) is 4.52. The Labute approximate surface area is 114 Å². The van der Waals surface area contributed by atoms with Gasteiger partial charge in [-0.3, -0.25) is 0 Å². The van der Waals surface area contributed by atoms with Crippen molar-refractivity contribution < 1.29 is 9.84 Å². The molecule has 0 saturated carbocycles. The molecule has 0 aliphatic rings. The van der Waals surface area contributed by atoms with E-state index in [-0.39, 0.29) is 0 Å². The Morgan fingerprint density at radius 3 is 2.78 bits per heavy atom. The summed E-state index contributed by atoms with van der Waals surface area (Å²) in [5.41, 5.74) is 0.952. The number of nitrogens with zero attached hydrogens (tertiary/aromatic N) is 1. The summed E-state index contributed by atoms with van der Waals surface area (Å²) in [6, 6.07) is 7.58. The maximum atomic E-state index is 9.79. The quantitative estimate of drug-likeness (QED) is 0.789. The van der Waals surface area contributed by atoms with Crippen molar-refractivity contribution in [3.05, 3.63) is 34.9 Å². The lowest BCUT2D eigenvalue weighted by molar-refractivity contribution is 0.0138. The lowest BCUT2D eigenvalue weighted by atomic mass is 10.2. The van der Waals surface area contributed by atoms with Crippen molar-refractivity contribution in [3.8, 4) is 0 Å². The van der Waals surface area contributed by atoms with E-state index in [1.165, 1.54) is 0 Å². The van der Waals surface area contributed by atoms with Crippen LogP contribution in [0.25, 0.3) is 0 Å². The van der Waals surface area contributed by atoms with Crippen LogP contribution in [0.4, 0.5) is 0 Å². The van der Waals surface area contributed by atoms with Gasteiger partial charge in [-0.05, 0) is 31.6 Å². The molecule has 102 valence electrons. The molecule has 18 heavy (non-hydrogen) atoms. The van der Waals surface area contributed by atoms with Crippen LogP contribution < -0.4 is 0 Å². The molecule has 3 nitrogen and oxygen atoms in total. The number of aliphatic hydroxyl groups excluding tert-OH is 1. The summed E-state index contributed by atoms with van der Waals surface area (Å²) in [5, 5.41) is 10.5. The average molecular weight is 272 g/mol. The summed E-state index contributed by atoms with van der Waals surface area (Å²) >= 11 is 6.01. The lowest BCUT2D eigenvalue weighted by Gasteiger charge is -2.19. The van der Waals surface area contributed by atoms with Crippen LogP contribution >= 0.6 is 11.6 Å². The molecular weight excluding hydrogens is 250 g/mol. The summed E-state index contributed by atoms with van der Waals surface area (Å²) < 4.78 is 5.48. The zero-order valence-corrected chi connectivity index (χ0v) is 11.9. The zero-order valence-electron chi connectivity index (χ0n) is 11.1. The number of benzene rings is 1. The highest BCUT2D eigenvalue weighted by molar-refractivity contribution is 6.31. The highest BCUT2D eigenvalue weighted by Gasteiger charge is 2.08. The fraction of sp³-hybridized carbons (Fsp3) is 0.571. The molecule has 0 aliphatic heterocycles. The number of rotatable bonds is 8. The highest BCUT2D eigenvalue weighted by atomic mass is 35.5. The molecule has 0 heterocycles. The summed E-state index contributed by atoms with van der Waals surface area (Å²) in [5.74, 6) is 0. The molecular formula is C14H22ClNO2. The minimum atomic E-state index is -0.455. The number of ether oxygens (including phenoxy) is 1. The summed E-state index contributed by atoms with van der Waals surface area (Å²) in [6.45, 7) is 4.52. The van der Waals surface area contributed by atoms with Gasteiger partial charge in [0.15, 0.2) is 0 Å². The third-order valence-electron chi connectivity index (χ3n) is 2.65. The molecule has 1 atom stereocenters. The normalized spacial score (nSPS) is 12.9. The minimum absolute atomic E-state index is 0.333. The number of aliphatic hydroxyl groups is 1. The Morgan fingerprint density at radius 1 is 1.39 bits per heavy atom. The third kappa shape index (κ3) is 5.83. The summed E-state index contributed by atoms with van der Waals surface area (Å²) in [4.78, 5) is 2.10. The van der Waals surface area contributed by atoms with E-state index >= 15 is 0 Å². The maximum absolute atomic E-state index is 9.79. The first-order chi connectivity index (χ1) is 8.63. The molecule has 1 aromatic carbocycles. The highest BCUT2D eigenvalue weighted by Crippen LogP contribution is 2.15. The predicted octanol–water partition coefficient (Wildman–Crippen LogP) is 2.56. The Hall–Kier alpha value is -0.610. The fourth-order valence-corrected chi connectivity index (χ4v) is 2.00. The molecule has 1 unspecified atom stereocenters. The number of hydrogen-bond acceptors (Lipinski definition) is 3. The van der Waals surface area contributed by atoms with Gasteiger partial charge in [-0.2, -0.15) is 0 Å². The summed E-state index contributed by atoms with van der Waals surface area (Å²) in [7, 11) is 2.00. The lowest BCUT2D eigenvalue weighted by Crippen LogP contribution is -2.32. The molecule has 1 N–H and O–H groups in total. The Balaban J connectivity index is 2.23. The predicted molar refractivity (Wildman–Crippen MR) is 74.9 cm³/mol. The van der Waals surface area contributed by atoms with E-state index in [1.54, 1.807) is 0 Å².